The van der Waals surface area contributed by atoms with Crippen LogP contribution in [0.4, 0.5) is 5.95 Å². The summed E-state index contributed by atoms with van der Waals surface area (Å²) < 4.78 is 5.74. The molecule has 2 heterocycles. The lowest BCUT2D eigenvalue weighted by Crippen LogP contribution is -2.12. The third-order valence-corrected chi connectivity index (χ3v) is 4.38. The zero-order valence-corrected chi connectivity index (χ0v) is 15.1. The van der Waals surface area contributed by atoms with Gasteiger partial charge in [0.25, 0.3) is 5.91 Å². The smallest absolute Gasteiger partial charge is 0.258 e. The van der Waals surface area contributed by atoms with E-state index in [0.29, 0.717) is 33.6 Å². The molecule has 0 unspecified atom stereocenters. The van der Waals surface area contributed by atoms with Crippen molar-refractivity contribution in [2.24, 2.45) is 0 Å². The van der Waals surface area contributed by atoms with Gasteiger partial charge in [0, 0.05) is 23.0 Å². The molecular weight excluding hydrogens is 364 g/mol. The molecule has 2 aromatic carbocycles. The van der Waals surface area contributed by atoms with Gasteiger partial charge in [-0.15, -0.1) is 0 Å². The number of aromatic nitrogens is 3. The van der Waals surface area contributed by atoms with E-state index in [1.165, 1.54) is 0 Å². The SMILES string of the molecule is Cc1cc2[nH]c(NC(=O)c3cccc(Oc4ccncc4)c3)nc2cc1Cl. The molecule has 0 fully saturated rings. The maximum absolute atomic E-state index is 12.6. The molecule has 4 rings (SSSR count). The Morgan fingerprint density at radius 1 is 1.11 bits per heavy atom. The van der Waals surface area contributed by atoms with Gasteiger partial charge in [-0.1, -0.05) is 17.7 Å². The van der Waals surface area contributed by atoms with Crippen molar-refractivity contribution in [1.29, 1.82) is 0 Å². The Morgan fingerprint density at radius 2 is 1.93 bits per heavy atom. The standard InChI is InChI=1S/C20H15ClN4O2/c1-12-9-17-18(11-16(12)21)24-20(23-17)25-19(26)13-3-2-4-15(10-13)27-14-5-7-22-8-6-14/h2-11H,1H3,(H2,23,24,25,26). The molecule has 0 atom stereocenters. The number of benzene rings is 2. The Hall–Kier alpha value is -3.38. The van der Waals surface area contributed by atoms with Crippen LogP contribution in [-0.4, -0.2) is 20.9 Å². The van der Waals surface area contributed by atoms with Crippen LogP contribution in [-0.2, 0) is 0 Å². The quantitative estimate of drug-likeness (QED) is 0.525. The number of fused-ring (bicyclic) bond motifs is 1. The van der Waals surface area contributed by atoms with Crippen molar-refractivity contribution >= 4 is 34.5 Å². The number of aryl methyl sites for hydroxylation is 1. The molecule has 6 nitrogen and oxygen atoms in total. The number of nitrogens with zero attached hydrogens (tertiary/aromatic N) is 2. The lowest BCUT2D eigenvalue weighted by molar-refractivity contribution is 0.102. The molecule has 1 amide bonds. The lowest BCUT2D eigenvalue weighted by Gasteiger charge is -2.07. The number of hydrogen-bond acceptors (Lipinski definition) is 4. The van der Waals surface area contributed by atoms with Crippen LogP contribution in [0, 0.1) is 6.92 Å². The van der Waals surface area contributed by atoms with Crippen molar-refractivity contribution < 1.29 is 9.53 Å². The first kappa shape index (κ1) is 17.1. The minimum Gasteiger partial charge on any atom is -0.457 e. The van der Waals surface area contributed by atoms with Crippen molar-refractivity contribution in [2.45, 2.75) is 6.92 Å². The van der Waals surface area contributed by atoms with Gasteiger partial charge in [0.15, 0.2) is 0 Å². The van der Waals surface area contributed by atoms with Crippen LogP contribution in [0.5, 0.6) is 11.5 Å². The molecule has 27 heavy (non-hydrogen) atoms. The highest BCUT2D eigenvalue weighted by Crippen LogP contribution is 2.24. The van der Waals surface area contributed by atoms with Crippen LogP contribution in [0.25, 0.3) is 11.0 Å². The molecule has 134 valence electrons. The molecule has 0 spiro atoms. The molecule has 0 bridgehead atoms. The summed E-state index contributed by atoms with van der Waals surface area (Å²) in [5.41, 5.74) is 2.89. The monoisotopic (exact) mass is 378 g/mol. The topological polar surface area (TPSA) is 79.9 Å². The number of halogens is 1. The van der Waals surface area contributed by atoms with E-state index in [0.717, 1.165) is 11.1 Å². The molecule has 0 aliphatic rings. The van der Waals surface area contributed by atoms with Crippen molar-refractivity contribution in [2.75, 3.05) is 5.32 Å². The number of ether oxygens (including phenoxy) is 1. The van der Waals surface area contributed by atoms with Crippen LogP contribution in [0.1, 0.15) is 15.9 Å². The van der Waals surface area contributed by atoms with E-state index in [1.54, 1.807) is 54.9 Å². The van der Waals surface area contributed by atoms with Gasteiger partial charge in [0.2, 0.25) is 5.95 Å². The minimum atomic E-state index is -0.294. The Bertz CT molecular complexity index is 1090. The highest BCUT2D eigenvalue weighted by atomic mass is 35.5. The molecule has 0 aliphatic heterocycles. The minimum absolute atomic E-state index is 0.294. The van der Waals surface area contributed by atoms with E-state index in [2.05, 4.69) is 20.3 Å². The van der Waals surface area contributed by atoms with Crippen LogP contribution in [0.15, 0.2) is 60.9 Å². The fourth-order valence-electron chi connectivity index (χ4n) is 2.62. The van der Waals surface area contributed by atoms with E-state index >= 15 is 0 Å². The van der Waals surface area contributed by atoms with Crippen molar-refractivity contribution in [1.82, 2.24) is 15.0 Å². The molecule has 0 saturated carbocycles. The second-order valence-corrected chi connectivity index (χ2v) is 6.38. The molecule has 0 saturated heterocycles. The van der Waals surface area contributed by atoms with Crippen molar-refractivity contribution in [3.05, 3.63) is 77.1 Å². The largest absolute Gasteiger partial charge is 0.457 e. The Balaban J connectivity index is 1.54. The molecule has 0 aliphatic carbocycles. The van der Waals surface area contributed by atoms with Crippen molar-refractivity contribution in [3.8, 4) is 11.5 Å². The van der Waals surface area contributed by atoms with Gasteiger partial charge in [0.05, 0.1) is 11.0 Å². The zero-order chi connectivity index (χ0) is 18.8. The number of aromatic amines is 1. The van der Waals surface area contributed by atoms with E-state index in [-0.39, 0.29) is 5.91 Å². The van der Waals surface area contributed by atoms with Crippen LogP contribution >= 0.6 is 11.6 Å². The van der Waals surface area contributed by atoms with E-state index in [4.69, 9.17) is 16.3 Å². The first-order valence-corrected chi connectivity index (χ1v) is 8.61. The van der Waals surface area contributed by atoms with Crippen LogP contribution in [0.3, 0.4) is 0 Å². The first-order chi connectivity index (χ1) is 13.1. The van der Waals surface area contributed by atoms with E-state index in [1.807, 2.05) is 13.0 Å². The molecule has 2 aromatic heterocycles. The fraction of sp³-hybridized carbons (Fsp3) is 0.0500. The number of pyridine rings is 1. The predicted molar refractivity (Wildman–Crippen MR) is 105 cm³/mol. The molecular formula is C20H15ClN4O2. The molecule has 2 N–H and O–H groups in total. The van der Waals surface area contributed by atoms with Gasteiger partial charge in [-0.05, 0) is 55.0 Å². The highest BCUT2D eigenvalue weighted by molar-refractivity contribution is 6.32. The molecule has 4 aromatic rings. The third-order valence-electron chi connectivity index (χ3n) is 3.98. The summed E-state index contributed by atoms with van der Waals surface area (Å²) in [6.45, 7) is 1.91. The zero-order valence-electron chi connectivity index (χ0n) is 14.4. The first-order valence-electron chi connectivity index (χ1n) is 8.24. The van der Waals surface area contributed by atoms with Crippen LogP contribution in [0.2, 0.25) is 5.02 Å². The summed E-state index contributed by atoms with van der Waals surface area (Å²) >= 11 is 6.12. The maximum Gasteiger partial charge on any atom is 0.258 e. The second kappa shape index (κ2) is 7.09. The Kier molecular flexibility index (Phi) is 4.48. The fourth-order valence-corrected chi connectivity index (χ4v) is 2.78. The van der Waals surface area contributed by atoms with Gasteiger partial charge in [-0.2, -0.15) is 0 Å². The Morgan fingerprint density at radius 3 is 2.74 bits per heavy atom. The Labute approximate surface area is 160 Å². The summed E-state index contributed by atoms with van der Waals surface area (Å²) in [7, 11) is 0. The molecule has 7 heteroatoms. The highest BCUT2D eigenvalue weighted by Gasteiger charge is 2.11. The summed E-state index contributed by atoms with van der Waals surface area (Å²) in [6, 6.07) is 14.1. The third kappa shape index (κ3) is 3.75. The summed E-state index contributed by atoms with van der Waals surface area (Å²) in [6.07, 6.45) is 3.28. The average Bonchev–Trinajstić information content (AvgIpc) is 3.04. The van der Waals surface area contributed by atoms with E-state index in [9.17, 15) is 4.79 Å². The number of carbonyl (C=O) groups excluding carboxylic acids is 1. The number of amides is 1. The normalized spacial score (nSPS) is 10.7. The number of anilines is 1. The van der Waals surface area contributed by atoms with Gasteiger partial charge < -0.3 is 9.72 Å². The van der Waals surface area contributed by atoms with Crippen LogP contribution < -0.4 is 10.1 Å². The van der Waals surface area contributed by atoms with Crippen molar-refractivity contribution in [3.63, 3.8) is 0 Å². The van der Waals surface area contributed by atoms with Gasteiger partial charge in [0.1, 0.15) is 11.5 Å². The average molecular weight is 379 g/mol. The predicted octanol–water partition coefficient (Wildman–Crippen LogP) is 4.96. The lowest BCUT2D eigenvalue weighted by atomic mass is 10.2. The maximum atomic E-state index is 12.6. The summed E-state index contributed by atoms with van der Waals surface area (Å²) in [4.78, 5) is 24.0. The van der Waals surface area contributed by atoms with Gasteiger partial charge >= 0.3 is 0 Å². The number of rotatable bonds is 4. The summed E-state index contributed by atoms with van der Waals surface area (Å²) in [5, 5.41) is 3.40. The number of nitrogens with one attached hydrogen (secondary N) is 2. The number of hydrogen-bond donors (Lipinski definition) is 2. The summed E-state index contributed by atoms with van der Waals surface area (Å²) in [5.74, 6) is 1.27. The molecule has 0 radical (unpaired) electrons. The van der Waals surface area contributed by atoms with E-state index < -0.39 is 0 Å². The van der Waals surface area contributed by atoms with Gasteiger partial charge in [-0.3, -0.25) is 15.1 Å². The second-order valence-electron chi connectivity index (χ2n) is 5.97. The van der Waals surface area contributed by atoms with Gasteiger partial charge in [-0.25, -0.2) is 4.98 Å². The number of imidazole rings is 1. The number of H-pyrrole nitrogens is 1. The number of carbonyl (C=O) groups is 1.